The second-order valence-corrected chi connectivity index (χ2v) is 15.8. The number of amides is 2. The predicted molar refractivity (Wildman–Crippen MR) is 207 cm³/mol. The molecule has 1 atom stereocenters. The summed E-state index contributed by atoms with van der Waals surface area (Å²) < 4.78 is 63.4. The van der Waals surface area contributed by atoms with Gasteiger partial charge in [0.2, 0.25) is 5.78 Å². The van der Waals surface area contributed by atoms with Crippen molar-refractivity contribution in [2.75, 3.05) is 54.9 Å². The third-order valence-corrected chi connectivity index (χ3v) is 11.7. The summed E-state index contributed by atoms with van der Waals surface area (Å²) in [7, 11) is 0.659. The Morgan fingerprint density at radius 2 is 1.10 bits per heavy atom. The van der Waals surface area contributed by atoms with Gasteiger partial charge in [0.05, 0.1) is 40.6 Å². The summed E-state index contributed by atoms with van der Waals surface area (Å²) in [5, 5.41) is 4.68. The van der Waals surface area contributed by atoms with Gasteiger partial charge < -0.3 is 46.9 Å². The molecule has 4 aliphatic rings. The van der Waals surface area contributed by atoms with Gasteiger partial charge in [-0.25, -0.2) is 19.2 Å². The molecule has 2 heterocycles. The maximum Gasteiger partial charge on any atom is 0.412 e. The molecule has 2 amide bonds. The average Bonchev–Trinajstić information content (AvgIpc) is 3.95. The summed E-state index contributed by atoms with van der Waals surface area (Å²) in [6.07, 6.45) is 3.58. The number of carbonyl (C=O) groups is 5. The standard InChI is InChI=1S/C19H23NO6.C13H18NO7P.C8H12O3/c1-23-17(21)16(15-7-9-19(10-8-15)25-11-12-26-19)20-18(22)24-13-14-5-3-2-4-6-14;1-18-12(15)11(22(17,19-2)20-3)14-13(16)21-9-10-7-5-4-6-8-10;9-7-1-3-8(4-2-7)10-5-6-11-8/h2-6H,7-13H2,1H3,(H,20,22);4-8,11H,9H2,1-3H3,(H,14,16);1-6H2. The fourth-order valence-electron chi connectivity index (χ4n) is 6.45. The Hall–Kier alpha value is -4.68. The van der Waals surface area contributed by atoms with Crippen LogP contribution >= 0.6 is 7.60 Å². The molecule has 0 bridgehead atoms. The summed E-state index contributed by atoms with van der Waals surface area (Å²) in [6, 6.07) is 18.3. The fourth-order valence-corrected chi connectivity index (χ4v) is 7.65. The van der Waals surface area contributed by atoms with Crippen LogP contribution in [0.1, 0.15) is 62.5 Å². The smallest absolute Gasteiger partial charge is 0.412 e. The molecule has 324 valence electrons. The third kappa shape index (κ3) is 14.2. The Kier molecular flexibility index (Phi) is 18.5. The van der Waals surface area contributed by atoms with Crippen molar-refractivity contribution in [1.82, 2.24) is 10.6 Å². The Morgan fingerprint density at radius 1 is 0.661 bits per heavy atom. The van der Waals surface area contributed by atoms with Crippen molar-refractivity contribution in [3.8, 4) is 0 Å². The highest BCUT2D eigenvalue weighted by Crippen LogP contribution is 2.50. The van der Waals surface area contributed by atoms with E-state index in [9.17, 15) is 28.5 Å². The van der Waals surface area contributed by atoms with E-state index in [1.165, 1.54) is 7.11 Å². The molecule has 4 fully saturated rings. The van der Waals surface area contributed by atoms with Gasteiger partial charge in [0, 0.05) is 52.7 Å². The van der Waals surface area contributed by atoms with Crippen LogP contribution in [0.15, 0.2) is 71.9 Å². The summed E-state index contributed by atoms with van der Waals surface area (Å²) in [6.45, 7) is 2.67. The van der Waals surface area contributed by atoms with Crippen LogP contribution in [0.4, 0.5) is 9.59 Å². The first-order valence-corrected chi connectivity index (χ1v) is 20.6. The molecule has 1 unspecified atom stereocenters. The molecule has 19 heteroatoms. The third-order valence-electron chi connectivity index (χ3n) is 9.71. The van der Waals surface area contributed by atoms with Gasteiger partial charge in [-0.2, -0.15) is 0 Å². The van der Waals surface area contributed by atoms with E-state index < -0.39 is 43.3 Å². The molecule has 2 aliphatic carbocycles. The number of carbonyl (C=O) groups excluding carboxylic acids is 5. The Bertz CT molecular complexity index is 1750. The number of hydrogen-bond acceptors (Lipinski definition) is 16. The molecular weight excluding hydrogens is 795 g/mol. The van der Waals surface area contributed by atoms with Crippen molar-refractivity contribution in [3.63, 3.8) is 0 Å². The molecule has 18 nitrogen and oxygen atoms in total. The minimum Gasteiger partial charge on any atom is -0.467 e. The van der Waals surface area contributed by atoms with Crippen molar-refractivity contribution in [1.29, 1.82) is 0 Å². The van der Waals surface area contributed by atoms with Gasteiger partial charge in [-0.1, -0.05) is 60.7 Å². The van der Waals surface area contributed by atoms with Crippen molar-refractivity contribution >= 4 is 37.5 Å². The number of nitrogens with one attached hydrogen (secondary N) is 2. The lowest BCUT2D eigenvalue weighted by atomic mass is 9.88. The number of hydrogen-bond donors (Lipinski definition) is 2. The number of methoxy groups -OCH3 is 2. The van der Waals surface area contributed by atoms with Crippen molar-refractivity contribution < 1.29 is 75.5 Å². The zero-order valence-corrected chi connectivity index (χ0v) is 34.6. The SMILES string of the molecule is COC(=O)C(NC(=O)OCc1ccccc1)=C1CCC2(CC1)OCCO2.COC(=O)C(NC(=O)OCc1ccccc1)P(=O)(OC)OC.O=C1CCC2(CC1)OCCO2. The molecule has 6 rings (SSSR count). The maximum atomic E-state index is 12.2. The van der Waals surface area contributed by atoms with E-state index in [1.54, 1.807) is 24.3 Å². The largest absolute Gasteiger partial charge is 0.467 e. The Morgan fingerprint density at radius 3 is 1.53 bits per heavy atom. The number of ketones is 1. The van der Waals surface area contributed by atoms with E-state index in [0.717, 1.165) is 50.9 Å². The van der Waals surface area contributed by atoms with E-state index in [2.05, 4.69) is 15.4 Å². The van der Waals surface area contributed by atoms with Crippen molar-refractivity contribution in [2.45, 2.75) is 81.9 Å². The number of esters is 2. The molecule has 2 saturated carbocycles. The molecule has 2 spiro atoms. The highest BCUT2D eigenvalue weighted by Gasteiger charge is 2.43. The molecule has 2 aliphatic heterocycles. The highest BCUT2D eigenvalue weighted by molar-refractivity contribution is 7.55. The van der Waals surface area contributed by atoms with Crippen LogP contribution in [0.2, 0.25) is 0 Å². The fraction of sp³-hybridized carbons (Fsp3) is 0.525. The second kappa shape index (κ2) is 23.2. The van der Waals surface area contributed by atoms with Crippen LogP contribution in [0.3, 0.4) is 0 Å². The minimum atomic E-state index is -3.90. The van der Waals surface area contributed by atoms with Gasteiger partial charge in [-0.15, -0.1) is 0 Å². The van der Waals surface area contributed by atoms with Gasteiger partial charge in [0.15, 0.2) is 11.6 Å². The zero-order valence-electron chi connectivity index (χ0n) is 33.7. The van der Waals surface area contributed by atoms with Gasteiger partial charge in [-0.3, -0.25) is 20.0 Å². The summed E-state index contributed by atoms with van der Waals surface area (Å²) in [4.78, 5) is 58.5. The number of benzene rings is 2. The van der Waals surface area contributed by atoms with E-state index in [-0.39, 0.29) is 24.7 Å². The molecular formula is C40H53N2O16P. The highest BCUT2D eigenvalue weighted by atomic mass is 31.2. The van der Waals surface area contributed by atoms with E-state index in [1.807, 2.05) is 36.4 Å². The lowest BCUT2D eigenvalue weighted by Crippen LogP contribution is -2.42. The number of alkyl carbamates (subject to hydrolysis) is 2. The van der Waals surface area contributed by atoms with Crippen LogP contribution in [0, 0.1) is 0 Å². The number of allylic oxidation sites excluding steroid dienone is 1. The zero-order chi connectivity index (χ0) is 42.7. The van der Waals surface area contributed by atoms with Gasteiger partial charge >= 0.3 is 31.7 Å². The van der Waals surface area contributed by atoms with Crippen LogP contribution in [0.25, 0.3) is 0 Å². The number of Topliss-reactive ketones (excluding diaryl/α,β-unsaturated/α-hetero) is 1. The van der Waals surface area contributed by atoms with Crippen molar-refractivity contribution in [3.05, 3.63) is 83.1 Å². The first-order valence-electron chi connectivity index (χ1n) is 19.0. The van der Waals surface area contributed by atoms with Crippen LogP contribution in [-0.2, 0) is 79.1 Å². The molecule has 2 N–H and O–H groups in total. The lowest BCUT2D eigenvalue weighted by Gasteiger charge is -2.33. The van der Waals surface area contributed by atoms with Crippen LogP contribution in [-0.4, -0.2) is 102 Å². The van der Waals surface area contributed by atoms with Crippen LogP contribution < -0.4 is 10.6 Å². The summed E-state index contributed by atoms with van der Waals surface area (Å²) in [5.74, 6) is -3.73. The lowest BCUT2D eigenvalue weighted by molar-refractivity contribution is -0.179. The van der Waals surface area contributed by atoms with Gasteiger partial charge in [0.1, 0.15) is 24.7 Å². The topological polar surface area (TPSA) is 219 Å². The Labute approximate surface area is 343 Å². The molecule has 2 aromatic carbocycles. The first kappa shape index (κ1) is 47.0. The molecule has 59 heavy (non-hydrogen) atoms. The predicted octanol–water partition coefficient (Wildman–Crippen LogP) is 5.43. The number of ether oxygens (including phenoxy) is 8. The average molecular weight is 849 g/mol. The molecule has 0 radical (unpaired) electrons. The van der Waals surface area contributed by atoms with E-state index >= 15 is 0 Å². The molecule has 0 aromatic heterocycles. The first-order chi connectivity index (χ1) is 28.4. The van der Waals surface area contributed by atoms with Gasteiger partial charge in [0.25, 0.3) is 0 Å². The number of rotatable bonds is 11. The summed E-state index contributed by atoms with van der Waals surface area (Å²) in [5.41, 5.74) is 2.59. The van der Waals surface area contributed by atoms with Gasteiger partial charge in [-0.05, 0) is 29.5 Å². The normalized spacial score (nSPS) is 18.2. The van der Waals surface area contributed by atoms with Crippen LogP contribution in [0.5, 0.6) is 0 Å². The minimum absolute atomic E-state index is 0.00910. The second-order valence-electron chi connectivity index (χ2n) is 13.4. The molecule has 2 saturated heterocycles. The monoisotopic (exact) mass is 848 g/mol. The summed E-state index contributed by atoms with van der Waals surface area (Å²) >= 11 is 0. The Balaban J connectivity index is 0.000000210. The molecule has 2 aromatic rings. The van der Waals surface area contributed by atoms with E-state index in [4.69, 9.17) is 42.2 Å². The quantitative estimate of drug-likeness (QED) is 0.125. The van der Waals surface area contributed by atoms with E-state index in [0.29, 0.717) is 70.7 Å². The maximum absolute atomic E-state index is 12.2. The van der Waals surface area contributed by atoms with Crippen molar-refractivity contribution in [2.24, 2.45) is 0 Å².